The van der Waals surface area contributed by atoms with Crippen LogP contribution in [0.1, 0.15) is 68.6 Å². The third kappa shape index (κ3) is 5.60. The fourth-order valence-electron chi connectivity index (χ4n) is 4.89. The number of rotatable bonds is 8. The summed E-state index contributed by atoms with van der Waals surface area (Å²) in [4.78, 5) is 15.2. The fraction of sp³-hybridized carbons (Fsp3) is 0.682. The van der Waals surface area contributed by atoms with E-state index in [0.29, 0.717) is 31.0 Å². The predicted octanol–water partition coefficient (Wildman–Crippen LogP) is 4.36. The first-order valence-corrected chi connectivity index (χ1v) is 12.9. The second-order valence-electron chi connectivity index (χ2n) is 8.42. The van der Waals surface area contributed by atoms with Crippen molar-refractivity contribution in [1.29, 1.82) is 0 Å². The maximum atomic E-state index is 12.7. The van der Waals surface area contributed by atoms with Gasteiger partial charge in [-0.3, -0.25) is 9.69 Å². The second-order valence-corrected chi connectivity index (χ2v) is 10.9. The van der Waals surface area contributed by atoms with Crippen LogP contribution in [0.25, 0.3) is 0 Å². The molecule has 1 aromatic carbocycles. The lowest BCUT2D eigenvalue weighted by Gasteiger charge is -2.50. The van der Waals surface area contributed by atoms with Crippen molar-refractivity contribution in [2.75, 3.05) is 31.9 Å². The highest BCUT2D eigenvalue weighted by Gasteiger charge is 2.40. The van der Waals surface area contributed by atoms with E-state index in [2.05, 4.69) is 4.90 Å². The Morgan fingerprint density at radius 3 is 2.24 bits per heavy atom. The monoisotopic (exact) mass is 440 g/mol. The maximum Gasteiger partial charge on any atom is 0.214 e. The third-order valence-electron chi connectivity index (χ3n) is 6.53. The van der Waals surface area contributed by atoms with E-state index in [0.717, 1.165) is 37.9 Å². The summed E-state index contributed by atoms with van der Waals surface area (Å²) in [5, 5.41) is 0.640. The van der Waals surface area contributed by atoms with Crippen LogP contribution in [0.2, 0.25) is 5.02 Å². The van der Waals surface area contributed by atoms with Crippen LogP contribution in [0.4, 0.5) is 0 Å². The molecule has 0 bridgehead atoms. The van der Waals surface area contributed by atoms with E-state index < -0.39 is 10.0 Å². The van der Waals surface area contributed by atoms with Gasteiger partial charge in [0.15, 0.2) is 5.78 Å². The van der Waals surface area contributed by atoms with Gasteiger partial charge >= 0.3 is 0 Å². The van der Waals surface area contributed by atoms with Crippen LogP contribution in [0.5, 0.6) is 0 Å². The van der Waals surface area contributed by atoms with Crippen molar-refractivity contribution in [3.05, 3.63) is 34.9 Å². The van der Waals surface area contributed by atoms with E-state index in [1.807, 2.05) is 6.92 Å². The van der Waals surface area contributed by atoms with Crippen LogP contribution >= 0.6 is 11.6 Å². The Bertz CT molecular complexity index is 781. The first kappa shape index (κ1) is 22.7. The van der Waals surface area contributed by atoms with Gasteiger partial charge in [0.2, 0.25) is 10.0 Å². The molecule has 0 unspecified atom stereocenters. The number of nitrogens with zero attached hydrogens (tertiary/aromatic N) is 2. The first-order valence-electron chi connectivity index (χ1n) is 10.9. The average molecular weight is 441 g/mol. The minimum atomic E-state index is -3.13. The molecule has 29 heavy (non-hydrogen) atoms. The Morgan fingerprint density at radius 2 is 1.66 bits per heavy atom. The van der Waals surface area contributed by atoms with Crippen molar-refractivity contribution in [1.82, 2.24) is 9.21 Å². The van der Waals surface area contributed by atoms with E-state index in [9.17, 15) is 13.2 Å². The molecule has 1 aromatic rings. The number of piperazine rings is 1. The summed E-state index contributed by atoms with van der Waals surface area (Å²) in [6.45, 7) is 4.56. The number of ketones is 1. The minimum Gasteiger partial charge on any atom is -0.295 e. The van der Waals surface area contributed by atoms with E-state index in [1.54, 1.807) is 28.6 Å². The highest BCUT2D eigenvalue weighted by molar-refractivity contribution is 7.89. The number of sulfonamides is 1. The number of hydrogen-bond donors (Lipinski definition) is 0. The highest BCUT2D eigenvalue weighted by Crippen LogP contribution is 2.38. The summed E-state index contributed by atoms with van der Waals surface area (Å²) in [5.41, 5.74) is 0.747. The van der Waals surface area contributed by atoms with Crippen molar-refractivity contribution in [2.45, 2.75) is 63.8 Å². The summed E-state index contributed by atoms with van der Waals surface area (Å²) in [6.07, 6.45) is 7.83. The Balaban J connectivity index is 1.64. The van der Waals surface area contributed by atoms with Crippen molar-refractivity contribution in [2.24, 2.45) is 0 Å². The molecule has 0 N–H and O–H groups in total. The van der Waals surface area contributed by atoms with Crippen molar-refractivity contribution < 1.29 is 13.2 Å². The van der Waals surface area contributed by atoms with Crippen LogP contribution in [0, 0.1) is 0 Å². The summed E-state index contributed by atoms with van der Waals surface area (Å²) in [6, 6.07) is 7.13. The van der Waals surface area contributed by atoms with Crippen LogP contribution in [0.15, 0.2) is 24.3 Å². The van der Waals surface area contributed by atoms with Crippen LogP contribution in [-0.2, 0) is 10.0 Å². The van der Waals surface area contributed by atoms with Crippen LogP contribution < -0.4 is 0 Å². The molecule has 1 saturated carbocycles. The molecule has 1 saturated heterocycles. The lowest BCUT2D eigenvalue weighted by atomic mass is 9.76. The van der Waals surface area contributed by atoms with Crippen LogP contribution in [-0.4, -0.2) is 60.9 Å². The number of Topliss-reactive ketones (excluding diaryl/α,β-unsaturated/α-hetero) is 1. The molecule has 1 aliphatic heterocycles. The quantitative estimate of drug-likeness (QED) is 0.563. The lowest BCUT2D eigenvalue weighted by molar-refractivity contribution is 0.0165. The largest absolute Gasteiger partial charge is 0.295 e. The van der Waals surface area contributed by atoms with Gasteiger partial charge in [0.1, 0.15) is 0 Å². The standard InChI is InChI=1S/C22H33ClN2O3S/c1-2-18-29(27,28)25-16-14-24(15-17-25)22(11-4-3-5-12-22)13-10-21(26)19-6-8-20(23)9-7-19/h6-9H,2-5,10-18H2,1H3. The fourth-order valence-corrected chi connectivity index (χ4v) is 6.51. The Morgan fingerprint density at radius 1 is 1.03 bits per heavy atom. The van der Waals surface area contributed by atoms with Gasteiger partial charge in [-0.25, -0.2) is 8.42 Å². The SMILES string of the molecule is CCCS(=O)(=O)N1CCN(C2(CCC(=O)c3ccc(Cl)cc3)CCCCC2)CC1. The third-order valence-corrected chi connectivity index (χ3v) is 8.86. The molecule has 1 aliphatic carbocycles. The van der Waals surface area contributed by atoms with Gasteiger partial charge in [0.25, 0.3) is 0 Å². The van der Waals surface area contributed by atoms with Gasteiger partial charge < -0.3 is 0 Å². The zero-order chi connectivity index (χ0) is 20.9. The van der Waals surface area contributed by atoms with E-state index in [1.165, 1.54) is 19.3 Å². The van der Waals surface area contributed by atoms with Gasteiger partial charge in [0.05, 0.1) is 5.75 Å². The van der Waals surface area contributed by atoms with Crippen molar-refractivity contribution in [3.8, 4) is 0 Å². The molecule has 7 heteroatoms. The summed E-state index contributed by atoms with van der Waals surface area (Å²) in [5.74, 6) is 0.393. The number of carbonyl (C=O) groups is 1. The van der Waals surface area contributed by atoms with Crippen molar-refractivity contribution >= 4 is 27.4 Å². The molecule has 1 heterocycles. The summed E-state index contributed by atoms with van der Waals surface area (Å²) >= 11 is 5.94. The molecule has 2 fully saturated rings. The predicted molar refractivity (Wildman–Crippen MR) is 118 cm³/mol. The van der Waals surface area contributed by atoms with Gasteiger partial charge in [-0.1, -0.05) is 37.8 Å². The van der Waals surface area contributed by atoms with Gasteiger partial charge in [-0.2, -0.15) is 4.31 Å². The van der Waals surface area contributed by atoms with E-state index >= 15 is 0 Å². The topological polar surface area (TPSA) is 57.7 Å². The molecule has 2 aliphatic rings. The number of carbonyl (C=O) groups excluding carboxylic acids is 1. The molecular weight excluding hydrogens is 408 g/mol. The Hall–Kier alpha value is -0.950. The molecule has 0 atom stereocenters. The molecule has 5 nitrogen and oxygen atoms in total. The molecule has 0 amide bonds. The van der Waals surface area contributed by atoms with Gasteiger partial charge in [0, 0.05) is 48.7 Å². The minimum absolute atomic E-state index is 0.0287. The van der Waals surface area contributed by atoms with Crippen molar-refractivity contribution in [3.63, 3.8) is 0 Å². The number of benzene rings is 1. The normalized spacial score (nSPS) is 21.2. The Labute approximate surface area is 180 Å². The van der Waals surface area contributed by atoms with Crippen LogP contribution in [0.3, 0.4) is 0 Å². The van der Waals surface area contributed by atoms with E-state index in [4.69, 9.17) is 11.6 Å². The average Bonchev–Trinajstić information content (AvgIpc) is 2.73. The molecule has 3 rings (SSSR count). The zero-order valence-electron chi connectivity index (χ0n) is 17.4. The summed E-state index contributed by atoms with van der Waals surface area (Å²) in [7, 11) is -3.13. The smallest absolute Gasteiger partial charge is 0.214 e. The number of hydrogen-bond acceptors (Lipinski definition) is 4. The second kappa shape index (κ2) is 9.90. The molecule has 0 spiro atoms. The van der Waals surface area contributed by atoms with Gasteiger partial charge in [-0.15, -0.1) is 0 Å². The molecular formula is C22H33ClN2O3S. The maximum absolute atomic E-state index is 12.7. The number of halogens is 1. The lowest BCUT2D eigenvalue weighted by Crippen LogP contribution is -2.58. The molecule has 0 radical (unpaired) electrons. The van der Waals surface area contributed by atoms with E-state index in [-0.39, 0.29) is 17.1 Å². The molecule has 0 aromatic heterocycles. The Kier molecular flexibility index (Phi) is 7.76. The molecule has 162 valence electrons. The highest BCUT2D eigenvalue weighted by atomic mass is 35.5. The zero-order valence-corrected chi connectivity index (χ0v) is 19.0. The van der Waals surface area contributed by atoms with Gasteiger partial charge in [-0.05, 0) is 49.9 Å². The summed E-state index contributed by atoms with van der Waals surface area (Å²) < 4.78 is 26.5. The first-order chi connectivity index (χ1) is 13.9.